The van der Waals surface area contributed by atoms with Gasteiger partial charge in [-0.1, -0.05) is 334 Å². The Bertz CT molecular complexity index is 1670. The number of allylic oxidation sites excluding steroid dienone is 22. The van der Waals surface area contributed by atoms with E-state index in [2.05, 4.69) is 148 Å². The first-order chi connectivity index (χ1) is 40.6. The Balaban J connectivity index is 3.47. The normalized spacial score (nSPS) is 13.1. The van der Waals surface area contributed by atoms with Gasteiger partial charge in [-0.3, -0.25) is 9.59 Å². The number of ether oxygens (including phenoxy) is 2. The van der Waals surface area contributed by atoms with E-state index in [4.69, 9.17) is 9.47 Å². The molecule has 5 heteroatoms. The van der Waals surface area contributed by atoms with E-state index in [1.807, 2.05) is 0 Å². The minimum Gasteiger partial charge on any atom is -0.462 e. The third-order valence-electron chi connectivity index (χ3n) is 14.9. The maximum absolute atomic E-state index is 12.4. The monoisotopic (exact) mass is 1130 g/mol. The highest BCUT2D eigenvalue weighted by Gasteiger charge is 2.16. The molecule has 0 aromatic carbocycles. The number of rotatable bonds is 63. The van der Waals surface area contributed by atoms with Crippen LogP contribution in [0.25, 0.3) is 0 Å². The van der Waals surface area contributed by atoms with Crippen LogP contribution in [0, 0.1) is 0 Å². The SMILES string of the molecule is CC/C=C\C/C=C\C/C=C\C/C=C\C/C=C\C/C=C\CCCCCCCCCCCCCCCCCCC(=O)OC(CO)COC(=O)CCCCCCCCCCCCCCCCCCC/C=C\C/C=C\C/C=C\C/C=C\C/C=C\CC. The summed E-state index contributed by atoms with van der Waals surface area (Å²) in [7, 11) is 0. The second-order valence-electron chi connectivity index (χ2n) is 22.8. The number of aliphatic hydroxyl groups excluding tert-OH is 1. The summed E-state index contributed by atoms with van der Waals surface area (Å²) >= 11 is 0. The van der Waals surface area contributed by atoms with Crippen LogP contribution < -0.4 is 0 Å². The Morgan fingerprint density at radius 2 is 0.488 bits per heavy atom. The van der Waals surface area contributed by atoms with Gasteiger partial charge in [-0.05, 0) is 109 Å². The van der Waals surface area contributed by atoms with Crippen LogP contribution in [0.3, 0.4) is 0 Å². The van der Waals surface area contributed by atoms with Crippen molar-refractivity contribution in [2.75, 3.05) is 13.2 Å². The molecule has 0 aromatic heterocycles. The molecule has 0 aliphatic rings. The Kier molecular flexibility index (Phi) is 67.9. The Morgan fingerprint density at radius 1 is 0.280 bits per heavy atom. The molecule has 0 aromatic rings. The molecular formula is C77H130O5. The summed E-state index contributed by atoms with van der Waals surface area (Å²) < 4.78 is 10.8. The molecule has 1 atom stereocenters. The first kappa shape index (κ1) is 78.0. The lowest BCUT2D eigenvalue weighted by molar-refractivity contribution is -0.161. The van der Waals surface area contributed by atoms with Crippen molar-refractivity contribution in [2.45, 2.75) is 328 Å². The number of unbranched alkanes of at least 4 members (excludes halogenated alkanes) is 33. The second-order valence-corrected chi connectivity index (χ2v) is 22.8. The first-order valence-electron chi connectivity index (χ1n) is 34.7. The fraction of sp³-hybridized carbons (Fsp3) is 0.688. The van der Waals surface area contributed by atoms with E-state index in [-0.39, 0.29) is 25.2 Å². The molecular weight excluding hydrogens is 1000 g/mol. The van der Waals surface area contributed by atoms with Crippen LogP contribution in [0.15, 0.2) is 134 Å². The molecule has 0 heterocycles. The van der Waals surface area contributed by atoms with Crippen molar-refractivity contribution >= 4 is 11.9 Å². The van der Waals surface area contributed by atoms with Crippen molar-refractivity contribution in [1.29, 1.82) is 0 Å². The van der Waals surface area contributed by atoms with Gasteiger partial charge in [0.2, 0.25) is 0 Å². The fourth-order valence-electron chi connectivity index (χ4n) is 9.82. The first-order valence-corrected chi connectivity index (χ1v) is 34.7. The topological polar surface area (TPSA) is 72.8 Å². The Labute approximate surface area is 508 Å². The predicted octanol–water partition coefficient (Wildman–Crippen LogP) is 24.3. The average molecular weight is 1140 g/mol. The maximum Gasteiger partial charge on any atom is 0.306 e. The molecule has 0 rings (SSSR count). The number of hydrogen-bond acceptors (Lipinski definition) is 5. The van der Waals surface area contributed by atoms with Gasteiger partial charge in [0.05, 0.1) is 6.61 Å². The van der Waals surface area contributed by atoms with E-state index in [0.29, 0.717) is 12.8 Å². The van der Waals surface area contributed by atoms with E-state index < -0.39 is 6.10 Å². The summed E-state index contributed by atoms with van der Waals surface area (Å²) in [6, 6.07) is 0. The number of esters is 2. The van der Waals surface area contributed by atoms with Crippen LogP contribution in [0.5, 0.6) is 0 Å². The molecule has 1 unspecified atom stereocenters. The van der Waals surface area contributed by atoms with Crippen molar-refractivity contribution in [3.63, 3.8) is 0 Å². The molecule has 0 spiro atoms. The number of aliphatic hydroxyl groups is 1. The zero-order valence-corrected chi connectivity index (χ0v) is 53.7. The average Bonchev–Trinajstić information content (AvgIpc) is 3.49. The van der Waals surface area contributed by atoms with Crippen LogP contribution in [-0.2, 0) is 19.1 Å². The van der Waals surface area contributed by atoms with E-state index in [0.717, 1.165) is 109 Å². The van der Waals surface area contributed by atoms with Gasteiger partial charge in [-0.25, -0.2) is 0 Å². The van der Waals surface area contributed by atoms with Gasteiger partial charge < -0.3 is 14.6 Å². The van der Waals surface area contributed by atoms with Crippen LogP contribution in [0.1, 0.15) is 322 Å². The van der Waals surface area contributed by atoms with E-state index in [9.17, 15) is 14.7 Å². The number of carbonyl (C=O) groups is 2. The van der Waals surface area contributed by atoms with Crippen molar-refractivity contribution in [2.24, 2.45) is 0 Å². The van der Waals surface area contributed by atoms with Crippen molar-refractivity contribution < 1.29 is 24.2 Å². The summed E-state index contributed by atoms with van der Waals surface area (Å²) in [6.07, 6.45) is 106. The van der Waals surface area contributed by atoms with Crippen molar-refractivity contribution in [1.82, 2.24) is 0 Å². The molecule has 0 saturated heterocycles. The van der Waals surface area contributed by atoms with Gasteiger partial charge in [0.25, 0.3) is 0 Å². The lowest BCUT2D eigenvalue weighted by Gasteiger charge is -2.15. The van der Waals surface area contributed by atoms with Gasteiger partial charge >= 0.3 is 11.9 Å². The van der Waals surface area contributed by atoms with E-state index in [1.54, 1.807) is 0 Å². The predicted molar refractivity (Wildman–Crippen MR) is 361 cm³/mol. The lowest BCUT2D eigenvalue weighted by Crippen LogP contribution is -2.28. The van der Waals surface area contributed by atoms with E-state index in [1.165, 1.54) is 186 Å². The molecule has 1 N–H and O–H groups in total. The van der Waals surface area contributed by atoms with Crippen LogP contribution in [-0.4, -0.2) is 36.4 Å². The molecule has 5 nitrogen and oxygen atoms in total. The number of carbonyl (C=O) groups excluding carboxylic acids is 2. The zero-order chi connectivity index (χ0) is 59.1. The maximum atomic E-state index is 12.4. The molecule has 0 aliphatic carbocycles. The Hall–Kier alpha value is -3.96. The highest BCUT2D eigenvalue weighted by molar-refractivity contribution is 5.70. The minimum atomic E-state index is -0.779. The molecule has 0 fully saturated rings. The van der Waals surface area contributed by atoms with E-state index >= 15 is 0 Å². The summed E-state index contributed by atoms with van der Waals surface area (Å²) in [5.41, 5.74) is 0. The standard InChI is InChI=1S/C77H130O5/c1-3-5-7-9-11-13-15-17-19-21-23-25-27-29-31-33-35-37-38-40-42-44-46-48-50-52-54-56-58-60-62-64-66-68-70-72-77(80)82-75(73-78)74-81-76(79)71-69-67-65-63-61-59-57-55-53-51-49-47-45-43-41-39-36-34-32-30-28-26-24-22-20-18-16-14-12-10-8-6-4-2/h5-8,11-14,17-20,23-26,29-32,35,37,75,78H,3-4,9-10,15-16,21-22,27-28,33-34,36,38-74H2,1-2H3/b7-5-,8-6-,13-11-,14-12-,19-17-,20-18-,25-23-,26-24-,31-29-,32-30-,37-35-. The third-order valence-corrected chi connectivity index (χ3v) is 14.9. The molecule has 0 aliphatic heterocycles. The minimum absolute atomic E-state index is 0.0681. The zero-order valence-electron chi connectivity index (χ0n) is 53.7. The summed E-state index contributed by atoms with van der Waals surface area (Å²) in [4.78, 5) is 24.7. The Morgan fingerprint density at radius 3 is 0.732 bits per heavy atom. The van der Waals surface area contributed by atoms with Gasteiger partial charge in [0.1, 0.15) is 6.61 Å². The third kappa shape index (κ3) is 68.5. The quantitative estimate of drug-likeness (QED) is 0.0373. The van der Waals surface area contributed by atoms with Gasteiger partial charge in [0.15, 0.2) is 6.10 Å². The molecule has 82 heavy (non-hydrogen) atoms. The molecule has 0 radical (unpaired) electrons. The molecule has 0 bridgehead atoms. The highest BCUT2D eigenvalue weighted by Crippen LogP contribution is 2.17. The van der Waals surface area contributed by atoms with Crippen LogP contribution in [0.2, 0.25) is 0 Å². The van der Waals surface area contributed by atoms with Gasteiger partial charge in [-0.15, -0.1) is 0 Å². The highest BCUT2D eigenvalue weighted by atomic mass is 16.6. The smallest absolute Gasteiger partial charge is 0.306 e. The molecule has 0 amide bonds. The summed E-state index contributed by atoms with van der Waals surface area (Å²) in [6.45, 7) is 3.94. The van der Waals surface area contributed by atoms with Gasteiger partial charge in [0, 0.05) is 12.8 Å². The lowest BCUT2D eigenvalue weighted by atomic mass is 10.0. The van der Waals surface area contributed by atoms with Crippen LogP contribution in [0.4, 0.5) is 0 Å². The van der Waals surface area contributed by atoms with Gasteiger partial charge in [-0.2, -0.15) is 0 Å². The van der Waals surface area contributed by atoms with Crippen LogP contribution >= 0.6 is 0 Å². The number of hydrogen-bond donors (Lipinski definition) is 1. The summed E-state index contributed by atoms with van der Waals surface area (Å²) in [5, 5.41) is 9.71. The second kappa shape index (κ2) is 71.3. The van der Waals surface area contributed by atoms with Crippen molar-refractivity contribution in [3.8, 4) is 0 Å². The fourth-order valence-corrected chi connectivity index (χ4v) is 9.82. The largest absolute Gasteiger partial charge is 0.462 e. The molecule has 0 saturated carbocycles. The van der Waals surface area contributed by atoms with Crippen molar-refractivity contribution in [3.05, 3.63) is 134 Å². The molecule has 468 valence electrons. The summed E-state index contributed by atoms with van der Waals surface area (Å²) in [5.74, 6) is -0.583.